The van der Waals surface area contributed by atoms with Crippen molar-refractivity contribution in [3.05, 3.63) is 15.3 Å². The van der Waals surface area contributed by atoms with Crippen molar-refractivity contribution in [2.75, 3.05) is 11.9 Å². The van der Waals surface area contributed by atoms with E-state index in [9.17, 15) is 8.42 Å². The molecular formula is C15H20BrNO3S2. The van der Waals surface area contributed by atoms with Gasteiger partial charge in [0.05, 0.1) is 0 Å². The van der Waals surface area contributed by atoms with Crippen molar-refractivity contribution in [1.29, 1.82) is 0 Å². The number of hydrogen-bond donors (Lipinski definition) is 0. The van der Waals surface area contributed by atoms with Crippen LogP contribution in [-0.4, -0.2) is 24.6 Å². The summed E-state index contributed by atoms with van der Waals surface area (Å²) >= 11 is 5.09. The number of nitrogens with zero attached hydrogens (tertiary/aromatic N) is 1. The maximum atomic E-state index is 12.6. The summed E-state index contributed by atoms with van der Waals surface area (Å²) in [5, 5.41) is 2.21. The number of unbranched alkanes of at least 4 members (excludes halogenated alkanes) is 3. The van der Waals surface area contributed by atoms with E-state index in [1.807, 2.05) is 13.8 Å². The summed E-state index contributed by atoms with van der Waals surface area (Å²) in [6.07, 6.45) is 4.24. The van der Waals surface area contributed by atoms with Crippen molar-refractivity contribution in [3.63, 3.8) is 0 Å². The average molecular weight is 406 g/mol. The van der Waals surface area contributed by atoms with Crippen LogP contribution in [0.4, 0.5) is 0 Å². The van der Waals surface area contributed by atoms with E-state index in [0.29, 0.717) is 13.1 Å². The Hall–Kier alpha value is -0.370. The van der Waals surface area contributed by atoms with Crippen molar-refractivity contribution in [2.45, 2.75) is 51.2 Å². The fourth-order valence-corrected chi connectivity index (χ4v) is 6.04. The van der Waals surface area contributed by atoms with E-state index in [-0.39, 0.29) is 5.09 Å². The molecule has 0 fully saturated rings. The Morgan fingerprint density at radius 1 is 1.18 bits per heavy atom. The van der Waals surface area contributed by atoms with Crippen LogP contribution in [0.25, 0.3) is 11.0 Å². The van der Waals surface area contributed by atoms with Crippen molar-refractivity contribution in [1.82, 2.24) is 4.31 Å². The van der Waals surface area contributed by atoms with E-state index in [2.05, 4.69) is 15.9 Å². The van der Waals surface area contributed by atoms with Crippen molar-refractivity contribution in [2.24, 2.45) is 0 Å². The number of aryl methyl sites for hydroxylation is 2. The Morgan fingerprint density at radius 3 is 2.64 bits per heavy atom. The molecule has 2 aromatic rings. The second-order valence-corrected chi connectivity index (χ2v) is 9.79. The van der Waals surface area contributed by atoms with Crippen molar-refractivity contribution >= 4 is 48.3 Å². The lowest BCUT2D eigenvalue weighted by molar-refractivity contribution is 0.404. The van der Waals surface area contributed by atoms with Gasteiger partial charge in [0.1, 0.15) is 5.58 Å². The summed E-state index contributed by atoms with van der Waals surface area (Å²) in [4.78, 5) is 2.20. The third kappa shape index (κ3) is 2.66. The van der Waals surface area contributed by atoms with Crippen LogP contribution in [0.1, 0.15) is 41.0 Å². The zero-order chi connectivity index (χ0) is 15.9. The van der Waals surface area contributed by atoms with Gasteiger partial charge in [0.15, 0.2) is 0 Å². The van der Waals surface area contributed by atoms with E-state index in [1.165, 1.54) is 0 Å². The SMILES string of the molecule is Cc1sc(C)c2c3c(oc12)S(=O)(=O)N(CCCCCCBr)C3. The van der Waals surface area contributed by atoms with Crippen LogP contribution in [0.5, 0.6) is 0 Å². The Bertz CT molecular complexity index is 791. The van der Waals surface area contributed by atoms with Gasteiger partial charge in [0.25, 0.3) is 10.0 Å². The highest BCUT2D eigenvalue weighted by molar-refractivity contribution is 9.09. The minimum absolute atomic E-state index is 0.178. The highest BCUT2D eigenvalue weighted by atomic mass is 79.9. The van der Waals surface area contributed by atoms with E-state index >= 15 is 0 Å². The molecule has 0 aromatic carbocycles. The summed E-state index contributed by atoms with van der Waals surface area (Å²) in [5.74, 6) is 0. The molecule has 0 atom stereocenters. The molecule has 3 rings (SSSR count). The summed E-state index contributed by atoms with van der Waals surface area (Å²) in [5.41, 5.74) is 1.62. The second kappa shape index (κ2) is 6.26. The smallest absolute Gasteiger partial charge is 0.277 e. The van der Waals surface area contributed by atoms with Gasteiger partial charge < -0.3 is 4.42 Å². The molecule has 0 saturated carbocycles. The minimum atomic E-state index is -3.44. The Labute approximate surface area is 143 Å². The van der Waals surface area contributed by atoms with Gasteiger partial charge in [-0.25, -0.2) is 8.42 Å². The van der Waals surface area contributed by atoms with Gasteiger partial charge in [-0.3, -0.25) is 0 Å². The van der Waals surface area contributed by atoms with Gasteiger partial charge >= 0.3 is 0 Å². The number of alkyl halides is 1. The summed E-state index contributed by atoms with van der Waals surface area (Å²) < 4.78 is 32.5. The molecule has 2 aromatic heterocycles. The van der Waals surface area contributed by atoms with Crippen LogP contribution in [0, 0.1) is 13.8 Å². The topological polar surface area (TPSA) is 50.5 Å². The van der Waals surface area contributed by atoms with Crippen molar-refractivity contribution in [3.8, 4) is 0 Å². The van der Waals surface area contributed by atoms with E-state index in [0.717, 1.165) is 57.3 Å². The van der Waals surface area contributed by atoms with Gasteiger partial charge in [-0.15, -0.1) is 11.3 Å². The van der Waals surface area contributed by atoms with Gasteiger partial charge in [-0.1, -0.05) is 28.8 Å². The molecule has 0 amide bonds. The normalized spacial score (nSPS) is 17.4. The number of thiophene rings is 1. The van der Waals surface area contributed by atoms with Gasteiger partial charge in [0, 0.05) is 39.1 Å². The van der Waals surface area contributed by atoms with Crippen LogP contribution in [0.2, 0.25) is 0 Å². The first-order chi connectivity index (χ1) is 10.5. The lowest BCUT2D eigenvalue weighted by atomic mass is 10.2. The highest BCUT2D eigenvalue weighted by Gasteiger charge is 2.40. The minimum Gasteiger partial charge on any atom is -0.442 e. The molecule has 0 N–H and O–H groups in total. The maximum absolute atomic E-state index is 12.6. The fourth-order valence-electron chi connectivity index (χ4n) is 3.06. The fraction of sp³-hybridized carbons (Fsp3) is 0.600. The number of hydrogen-bond acceptors (Lipinski definition) is 4. The van der Waals surface area contributed by atoms with Crippen LogP contribution in [0.3, 0.4) is 0 Å². The third-order valence-corrected chi connectivity index (χ3v) is 7.50. The average Bonchev–Trinajstić information content (AvgIpc) is 3.04. The van der Waals surface area contributed by atoms with Crippen LogP contribution in [0.15, 0.2) is 9.51 Å². The number of fused-ring (bicyclic) bond motifs is 3. The number of halogens is 1. The van der Waals surface area contributed by atoms with E-state index < -0.39 is 10.0 Å². The molecule has 0 unspecified atom stereocenters. The molecule has 0 spiro atoms. The van der Waals surface area contributed by atoms with Crippen LogP contribution >= 0.6 is 27.3 Å². The molecule has 0 aliphatic carbocycles. The zero-order valence-electron chi connectivity index (χ0n) is 12.8. The monoisotopic (exact) mass is 405 g/mol. The molecule has 4 nitrogen and oxygen atoms in total. The molecular weight excluding hydrogens is 386 g/mol. The molecule has 0 radical (unpaired) electrons. The Morgan fingerprint density at radius 2 is 1.91 bits per heavy atom. The summed E-state index contributed by atoms with van der Waals surface area (Å²) in [7, 11) is -3.44. The molecule has 22 heavy (non-hydrogen) atoms. The number of sulfonamides is 1. The number of furan rings is 1. The molecule has 0 bridgehead atoms. The number of rotatable bonds is 6. The largest absolute Gasteiger partial charge is 0.442 e. The molecule has 1 aliphatic heterocycles. The molecule has 1 aliphatic rings. The third-order valence-electron chi connectivity index (χ3n) is 4.15. The first-order valence-electron chi connectivity index (χ1n) is 7.54. The highest BCUT2D eigenvalue weighted by Crippen LogP contribution is 2.43. The molecule has 0 saturated heterocycles. The lowest BCUT2D eigenvalue weighted by Crippen LogP contribution is -2.25. The quantitative estimate of drug-likeness (QED) is 0.522. The standard InChI is InChI=1S/C15H20BrNO3S2/c1-10-13-12-9-17(8-6-4-3-5-7-16)22(18,19)15(12)20-14(13)11(2)21-10/h3-9H2,1-2H3. The molecule has 7 heteroatoms. The lowest BCUT2D eigenvalue weighted by Gasteiger charge is -2.13. The van der Waals surface area contributed by atoms with E-state index in [4.69, 9.17) is 4.42 Å². The zero-order valence-corrected chi connectivity index (χ0v) is 16.0. The van der Waals surface area contributed by atoms with Gasteiger partial charge in [-0.2, -0.15) is 4.31 Å². The molecule has 3 heterocycles. The molecule has 122 valence electrons. The van der Waals surface area contributed by atoms with Crippen molar-refractivity contribution < 1.29 is 12.8 Å². The Kier molecular flexibility index (Phi) is 4.69. The Balaban J connectivity index is 1.81. The second-order valence-electron chi connectivity index (χ2n) is 5.73. The maximum Gasteiger partial charge on any atom is 0.277 e. The predicted octanol–water partition coefficient (Wildman–Crippen LogP) is 4.57. The van der Waals surface area contributed by atoms with Gasteiger partial charge in [0.2, 0.25) is 5.09 Å². The van der Waals surface area contributed by atoms with E-state index in [1.54, 1.807) is 15.6 Å². The van der Waals surface area contributed by atoms with Gasteiger partial charge in [-0.05, 0) is 26.7 Å². The predicted molar refractivity (Wildman–Crippen MR) is 93.4 cm³/mol. The summed E-state index contributed by atoms with van der Waals surface area (Å²) in [6.45, 7) is 5.05. The van der Waals surface area contributed by atoms with Crippen LogP contribution in [-0.2, 0) is 16.6 Å². The first-order valence-corrected chi connectivity index (χ1v) is 10.9. The first kappa shape index (κ1) is 16.5. The summed E-state index contributed by atoms with van der Waals surface area (Å²) in [6, 6.07) is 0. The van der Waals surface area contributed by atoms with Crippen LogP contribution < -0.4 is 0 Å².